The Kier molecular flexibility index (Phi) is 8.49. The Morgan fingerprint density at radius 3 is 2.75 bits per heavy atom. The van der Waals surface area contributed by atoms with Gasteiger partial charge in [-0.15, -0.1) is 0 Å². The third-order valence-corrected chi connectivity index (χ3v) is 1.49. The van der Waals surface area contributed by atoms with Gasteiger partial charge in [-0.2, -0.15) is 0 Å². The summed E-state index contributed by atoms with van der Waals surface area (Å²) in [6.07, 6.45) is 7.09. The molecule has 0 atom stereocenters. The van der Waals surface area contributed by atoms with Gasteiger partial charge in [0, 0.05) is 17.9 Å². The zero-order valence-corrected chi connectivity index (χ0v) is 9.80. The highest BCUT2D eigenvalue weighted by molar-refractivity contribution is 6.10. The molecule has 0 saturated heterocycles. The van der Waals surface area contributed by atoms with Gasteiger partial charge >= 0.3 is 0 Å². The van der Waals surface area contributed by atoms with Crippen molar-refractivity contribution in [3.05, 3.63) is 24.2 Å². The predicted octanol–water partition coefficient (Wildman–Crippen LogP) is 2.51. The summed E-state index contributed by atoms with van der Waals surface area (Å²) >= 11 is 0. The summed E-state index contributed by atoms with van der Waals surface area (Å²) in [7, 11) is 0. The molecule has 88 valence electrons. The van der Waals surface area contributed by atoms with Gasteiger partial charge in [0.1, 0.15) is 12.6 Å². The quantitative estimate of drug-likeness (QED) is 0.312. The van der Waals surface area contributed by atoms with E-state index in [1.54, 1.807) is 19.3 Å². The molecule has 1 N–H and O–H groups in total. The van der Waals surface area contributed by atoms with E-state index < -0.39 is 0 Å². The summed E-state index contributed by atoms with van der Waals surface area (Å²) in [6, 6.07) is 0. The van der Waals surface area contributed by atoms with Crippen LogP contribution >= 0.6 is 0 Å². The number of nitrogens with one attached hydrogen (secondary N) is 1. The molecule has 0 spiro atoms. The number of rotatable bonds is 7. The van der Waals surface area contributed by atoms with Crippen LogP contribution in [0.3, 0.4) is 0 Å². The van der Waals surface area contributed by atoms with Crippen LogP contribution in [-0.2, 0) is 9.57 Å². The first-order valence-electron chi connectivity index (χ1n) is 4.92. The monoisotopic (exact) mass is 223 g/mol. The average molecular weight is 223 g/mol. The number of aliphatic imine (C=N–C) groups is 1. The van der Waals surface area contributed by atoms with Crippen molar-refractivity contribution < 1.29 is 9.57 Å². The summed E-state index contributed by atoms with van der Waals surface area (Å²) in [4.78, 5) is 8.65. The molecule has 0 aliphatic rings. The first kappa shape index (κ1) is 14.1. The maximum atomic E-state index is 6.94. The van der Waals surface area contributed by atoms with Gasteiger partial charge in [-0.3, -0.25) is 5.41 Å². The van der Waals surface area contributed by atoms with E-state index in [1.165, 1.54) is 12.5 Å². The van der Waals surface area contributed by atoms with Crippen molar-refractivity contribution in [3.8, 4) is 0 Å². The number of allylic oxidation sites excluding steroid dienone is 2. The summed E-state index contributed by atoms with van der Waals surface area (Å²) in [5.74, 6) is 0. The minimum atomic E-state index is 0.592. The molecule has 16 heavy (non-hydrogen) atoms. The number of ether oxygens (including phenoxy) is 1. The summed E-state index contributed by atoms with van der Waals surface area (Å²) in [6.45, 7) is 6.08. The molecule has 0 heterocycles. The van der Waals surface area contributed by atoms with E-state index in [1.807, 2.05) is 13.8 Å². The minimum Gasteiger partial charge on any atom is -0.501 e. The topological polar surface area (TPSA) is 67.0 Å². The SMILES string of the molecule is C/C=N/O/C=C/C(=N/C=N)C(/C)=C/OCC. The van der Waals surface area contributed by atoms with Gasteiger partial charge in [0.2, 0.25) is 0 Å². The molecule has 0 fully saturated rings. The molecule has 0 amide bonds. The van der Waals surface area contributed by atoms with Gasteiger partial charge in [0.25, 0.3) is 0 Å². The van der Waals surface area contributed by atoms with E-state index >= 15 is 0 Å². The van der Waals surface area contributed by atoms with Gasteiger partial charge in [-0.05, 0) is 20.8 Å². The smallest absolute Gasteiger partial charge is 0.124 e. The van der Waals surface area contributed by atoms with Gasteiger partial charge in [0.05, 0.1) is 18.6 Å². The molecule has 0 unspecified atom stereocenters. The van der Waals surface area contributed by atoms with Gasteiger partial charge in [-0.1, -0.05) is 5.16 Å². The van der Waals surface area contributed by atoms with Crippen molar-refractivity contribution in [3.63, 3.8) is 0 Å². The Labute approximate surface area is 95.7 Å². The van der Waals surface area contributed by atoms with E-state index in [-0.39, 0.29) is 0 Å². The highest BCUT2D eigenvalue weighted by Crippen LogP contribution is 2.00. The fraction of sp³-hybridized carbons (Fsp3) is 0.364. The van der Waals surface area contributed by atoms with Crippen molar-refractivity contribution in [1.82, 2.24) is 0 Å². The van der Waals surface area contributed by atoms with Crippen LogP contribution in [0.25, 0.3) is 0 Å². The van der Waals surface area contributed by atoms with Crippen molar-refractivity contribution >= 4 is 18.3 Å². The molecule has 0 aliphatic heterocycles. The highest BCUT2D eigenvalue weighted by atomic mass is 16.6. The normalized spacial score (nSPS) is 13.4. The van der Waals surface area contributed by atoms with Crippen molar-refractivity contribution in [2.24, 2.45) is 10.1 Å². The molecule has 0 aromatic heterocycles. The second kappa shape index (κ2) is 9.64. The van der Waals surface area contributed by atoms with Crippen LogP contribution in [-0.4, -0.2) is 24.9 Å². The number of hydrogen-bond donors (Lipinski definition) is 1. The zero-order valence-electron chi connectivity index (χ0n) is 9.80. The molecule has 5 nitrogen and oxygen atoms in total. The molecular formula is C11H17N3O2. The predicted molar refractivity (Wildman–Crippen MR) is 66.0 cm³/mol. The Bertz CT molecular complexity index is 317. The number of hydrogen-bond acceptors (Lipinski definition) is 4. The van der Waals surface area contributed by atoms with E-state index in [0.29, 0.717) is 12.3 Å². The Morgan fingerprint density at radius 1 is 1.44 bits per heavy atom. The zero-order chi connectivity index (χ0) is 12.2. The van der Waals surface area contributed by atoms with Crippen LogP contribution in [0.4, 0.5) is 0 Å². The lowest BCUT2D eigenvalue weighted by Gasteiger charge is -2.00. The number of oxime groups is 1. The Balaban J connectivity index is 4.55. The first-order chi connectivity index (χ1) is 7.76. The largest absolute Gasteiger partial charge is 0.501 e. The lowest BCUT2D eigenvalue weighted by molar-refractivity contribution is 0.267. The molecular weight excluding hydrogens is 206 g/mol. The first-order valence-corrected chi connectivity index (χ1v) is 4.92. The lowest BCUT2D eigenvalue weighted by atomic mass is 10.2. The maximum absolute atomic E-state index is 6.94. The molecule has 5 heteroatoms. The molecule has 0 rings (SSSR count). The van der Waals surface area contributed by atoms with E-state index in [4.69, 9.17) is 15.0 Å². The third kappa shape index (κ3) is 6.53. The van der Waals surface area contributed by atoms with Crippen LogP contribution in [0.1, 0.15) is 20.8 Å². The molecule has 0 saturated carbocycles. The second-order valence-electron chi connectivity index (χ2n) is 2.67. The minimum absolute atomic E-state index is 0.592. The van der Waals surface area contributed by atoms with Crippen LogP contribution in [0.5, 0.6) is 0 Å². The van der Waals surface area contributed by atoms with Crippen LogP contribution in [0, 0.1) is 5.41 Å². The van der Waals surface area contributed by atoms with Crippen molar-refractivity contribution in [1.29, 1.82) is 5.41 Å². The highest BCUT2D eigenvalue weighted by Gasteiger charge is 1.97. The molecule has 0 aliphatic carbocycles. The van der Waals surface area contributed by atoms with Gasteiger partial charge < -0.3 is 9.57 Å². The molecule has 0 aromatic rings. The summed E-state index contributed by atoms with van der Waals surface area (Å²) < 4.78 is 5.13. The van der Waals surface area contributed by atoms with Gasteiger partial charge in [-0.25, -0.2) is 4.99 Å². The van der Waals surface area contributed by atoms with E-state index in [2.05, 4.69) is 10.1 Å². The maximum Gasteiger partial charge on any atom is 0.124 e. The summed E-state index contributed by atoms with van der Waals surface area (Å²) in [5.41, 5.74) is 1.40. The lowest BCUT2D eigenvalue weighted by Crippen LogP contribution is -1.97. The average Bonchev–Trinajstić information content (AvgIpc) is 2.30. The molecule has 0 aromatic carbocycles. The fourth-order valence-electron chi connectivity index (χ4n) is 0.805. The van der Waals surface area contributed by atoms with Crippen molar-refractivity contribution in [2.75, 3.05) is 6.61 Å². The van der Waals surface area contributed by atoms with Crippen LogP contribution < -0.4 is 0 Å². The number of nitrogens with zero attached hydrogens (tertiary/aromatic N) is 2. The van der Waals surface area contributed by atoms with Crippen LogP contribution in [0.15, 0.2) is 34.3 Å². The van der Waals surface area contributed by atoms with E-state index in [9.17, 15) is 0 Å². The Morgan fingerprint density at radius 2 is 2.19 bits per heavy atom. The van der Waals surface area contributed by atoms with E-state index in [0.717, 1.165) is 11.9 Å². The molecule has 0 bridgehead atoms. The summed E-state index contributed by atoms with van der Waals surface area (Å²) in [5, 5.41) is 10.5. The third-order valence-electron chi connectivity index (χ3n) is 1.49. The van der Waals surface area contributed by atoms with Gasteiger partial charge in [0.15, 0.2) is 0 Å². The van der Waals surface area contributed by atoms with Crippen LogP contribution in [0.2, 0.25) is 0 Å². The standard InChI is InChI=1S/C11H17N3O2/c1-4-14-16-7-6-11(13-9-12)10(3)8-15-5-2/h4,6-9,12H,5H2,1-3H3/b7-6+,10-8+,12-9?,13-11-,14-4+. The van der Waals surface area contributed by atoms with Crippen molar-refractivity contribution in [2.45, 2.75) is 20.8 Å². The molecule has 0 radical (unpaired) electrons. The second-order valence-corrected chi connectivity index (χ2v) is 2.67. The Hall–Kier alpha value is -1.91. The fourth-order valence-corrected chi connectivity index (χ4v) is 0.805.